The van der Waals surface area contributed by atoms with E-state index in [1.165, 1.54) is 0 Å². The van der Waals surface area contributed by atoms with Crippen molar-refractivity contribution in [2.45, 2.75) is 25.0 Å². The smallest absolute Gasteiger partial charge is 0.249 e. The van der Waals surface area contributed by atoms with Gasteiger partial charge in [-0.1, -0.05) is 0 Å². The molecule has 2 saturated heterocycles. The highest BCUT2D eigenvalue weighted by Gasteiger charge is 2.34. The number of ether oxygens (including phenoxy) is 1. The van der Waals surface area contributed by atoms with Crippen molar-refractivity contribution in [1.82, 2.24) is 5.32 Å². The van der Waals surface area contributed by atoms with Crippen LogP contribution in [0.15, 0.2) is 0 Å². The fraction of sp³-hybridized carbons (Fsp3) is 0.833. The van der Waals surface area contributed by atoms with E-state index in [0.717, 1.165) is 19.4 Å². The highest BCUT2D eigenvalue weighted by molar-refractivity contribution is 5.81. The lowest BCUT2D eigenvalue weighted by Gasteiger charge is -2.19. The Morgan fingerprint density at radius 1 is 1.56 bits per heavy atom. The Morgan fingerprint density at radius 2 is 2.44 bits per heavy atom. The minimum Gasteiger partial charge on any atom is -0.363 e. The summed E-state index contributed by atoms with van der Waals surface area (Å²) >= 11 is 0. The summed E-state index contributed by atoms with van der Waals surface area (Å²) in [6, 6.07) is 0. The molecular weight excluding hydrogens is 118 g/mol. The Kier molecular flexibility index (Phi) is 0.990. The van der Waals surface area contributed by atoms with Crippen LogP contribution in [0.3, 0.4) is 0 Å². The third-order valence-corrected chi connectivity index (χ3v) is 1.90. The van der Waals surface area contributed by atoms with Gasteiger partial charge >= 0.3 is 0 Å². The molecule has 0 aromatic rings. The van der Waals surface area contributed by atoms with Gasteiger partial charge in [-0.3, -0.25) is 4.79 Å². The van der Waals surface area contributed by atoms with Crippen molar-refractivity contribution < 1.29 is 9.53 Å². The van der Waals surface area contributed by atoms with Crippen LogP contribution in [-0.4, -0.2) is 24.7 Å². The van der Waals surface area contributed by atoms with Crippen molar-refractivity contribution in [3.63, 3.8) is 0 Å². The van der Waals surface area contributed by atoms with Crippen LogP contribution in [0.25, 0.3) is 0 Å². The molecule has 2 bridgehead atoms. The third kappa shape index (κ3) is 0.721. The molecule has 50 valence electrons. The molecule has 0 saturated carbocycles. The number of carbonyl (C=O) groups excluding carboxylic acids is 1. The van der Waals surface area contributed by atoms with Crippen molar-refractivity contribution in [2.24, 2.45) is 0 Å². The monoisotopic (exact) mass is 127 g/mol. The van der Waals surface area contributed by atoms with E-state index < -0.39 is 0 Å². The van der Waals surface area contributed by atoms with Gasteiger partial charge in [0.15, 0.2) is 0 Å². The SMILES string of the molecule is O=C1NC[C@H]2CC[C@H]1O2. The molecule has 2 fully saturated rings. The maximum atomic E-state index is 10.8. The normalized spacial score (nSPS) is 40.7. The molecule has 2 aliphatic heterocycles. The summed E-state index contributed by atoms with van der Waals surface area (Å²) in [6.07, 6.45) is 2.15. The number of morpholine rings is 1. The standard InChI is InChI=1S/C6H9NO2/c8-6-5-2-1-4(9-5)3-7-6/h4-5H,1-3H2,(H,7,8)/t4-,5-/m1/s1. The summed E-state index contributed by atoms with van der Waals surface area (Å²) in [4.78, 5) is 10.8. The van der Waals surface area contributed by atoms with E-state index in [2.05, 4.69) is 5.32 Å². The second-order valence-corrected chi connectivity index (χ2v) is 2.57. The first-order valence-corrected chi connectivity index (χ1v) is 3.29. The van der Waals surface area contributed by atoms with E-state index in [9.17, 15) is 4.79 Å². The summed E-state index contributed by atoms with van der Waals surface area (Å²) in [5, 5.41) is 2.78. The highest BCUT2D eigenvalue weighted by atomic mass is 16.5. The molecule has 2 aliphatic rings. The lowest BCUT2D eigenvalue weighted by Crippen LogP contribution is -2.43. The molecule has 0 aromatic heterocycles. The minimum absolute atomic E-state index is 0.0729. The number of hydrogen-bond donors (Lipinski definition) is 1. The van der Waals surface area contributed by atoms with E-state index >= 15 is 0 Å². The van der Waals surface area contributed by atoms with Crippen molar-refractivity contribution in [2.75, 3.05) is 6.54 Å². The maximum Gasteiger partial charge on any atom is 0.249 e. The van der Waals surface area contributed by atoms with Crippen molar-refractivity contribution in [3.8, 4) is 0 Å². The lowest BCUT2D eigenvalue weighted by atomic mass is 10.2. The molecule has 0 spiro atoms. The number of fused-ring (bicyclic) bond motifs is 2. The first kappa shape index (κ1) is 5.23. The third-order valence-electron chi connectivity index (χ3n) is 1.90. The van der Waals surface area contributed by atoms with E-state index in [0.29, 0.717) is 6.10 Å². The second-order valence-electron chi connectivity index (χ2n) is 2.57. The zero-order valence-electron chi connectivity index (χ0n) is 5.09. The Labute approximate surface area is 53.4 Å². The molecular formula is C6H9NO2. The molecule has 9 heavy (non-hydrogen) atoms. The Balaban J connectivity index is 2.14. The van der Waals surface area contributed by atoms with Crippen molar-refractivity contribution >= 4 is 5.91 Å². The topological polar surface area (TPSA) is 38.3 Å². The van der Waals surface area contributed by atoms with E-state index in [-0.39, 0.29) is 12.0 Å². The summed E-state index contributed by atoms with van der Waals surface area (Å²) in [6.45, 7) is 0.718. The fourth-order valence-corrected chi connectivity index (χ4v) is 1.38. The van der Waals surface area contributed by atoms with E-state index in [1.807, 2.05) is 0 Å². The average molecular weight is 127 g/mol. The average Bonchev–Trinajstić information content (AvgIpc) is 2.25. The highest BCUT2D eigenvalue weighted by Crippen LogP contribution is 2.22. The largest absolute Gasteiger partial charge is 0.363 e. The zero-order valence-corrected chi connectivity index (χ0v) is 5.09. The lowest BCUT2D eigenvalue weighted by molar-refractivity contribution is -0.137. The van der Waals surface area contributed by atoms with Gasteiger partial charge in [-0.15, -0.1) is 0 Å². The van der Waals surface area contributed by atoms with Crippen LogP contribution in [0.2, 0.25) is 0 Å². The van der Waals surface area contributed by atoms with Gasteiger partial charge in [0.1, 0.15) is 6.10 Å². The number of rotatable bonds is 0. The van der Waals surface area contributed by atoms with Gasteiger partial charge in [0.25, 0.3) is 0 Å². The molecule has 0 radical (unpaired) electrons. The first-order valence-electron chi connectivity index (χ1n) is 3.29. The van der Waals surface area contributed by atoms with E-state index in [4.69, 9.17) is 4.74 Å². The number of amides is 1. The Morgan fingerprint density at radius 3 is 3.22 bits per heavy atom. The summed E-state index contributed by atoms with van der Waals surface area (Å²) in [7, 11) is 0. The summed E-state index contributed by atoms with van der Waals surface area (Å²) < 4.78 is 5.30. The molecule has 0 unspecified atom stereocenters. The molecule has 1 amide bonds. The molecule has 0 aliphatic carbocycles. The van der Waals surface area contributed by atoms with Crippen LogP contribution in [0.4, 0.5) is 0 Å². The molecule has 1 N–H and O–H groups in total. The summed E-state index contributed by atoms with van der Waals surface area (Å²) in [5.74, 6) is 0.0729. The molecule has 2 heterocycles. The number of carbonyl (C=O) groups is 1. The van der Waals surface area contributed by atoms with Crippen molar-refractivity contribution in [1.29, 1.82) is 0 Å². The predicted octanol–water partition coefficient (Wildman–Crippen LogP) is -0.336. The van der Waals surface area contributed by atoms with Gasteiger partial charge in [-0.05, 0) is 12.8 Å². The zero-order chi connectivity index (χ0) is 6.27. The molecule has 2 rings (SSSR count). The number of nitrogens with one attached hydrogen (secondary N) is 1. The van der Waals surface area contributed by atoms with Gasteiger partial charge in [0.05, 0.1) is 6.10 Å². The van der Waals surface area contributed by atoms with Crippen LogP contribution in [-0.2, 0) is 9.53 Å². The molecule has 3 heteroatoms. The second kappa shape index (κ2) is 1.70. The Bertz CT molecular complexity index is 146. The predicted molar refractivity (Wildman–Crippen MR) is 30.9 cm³/mol. The van der Waals surface area contributed by atoms with Gasteiger partial charge in [-0.25, -0.2) is 0 Å². The minimum atomic E-state index is -0.122. The van der Waals surface area contributed by atoms with Crippen molar-refractivity contribution in [3.05, 3.63) is 0 Å². The molecule has 2 atom stereocenters. The van der Waals surface area contributed by atoms with Crippen LogP contribution < -0.4 is 5.32 Å². The molecule has 3 nitrogen and oxygen atoms in total. The summed E-state index contributed by atoms with van der Waals surface area (Å²) in [5.41, 5.74) is 0. The number of hydrogen-bond acceptors (Lipinski definition) is 2. The van der Waals surface area contributed by atoms with Gasteiger partial charge < -0.3 is 10.1 Å². The van der Waals surface area contributed by atoms with Gasteiger partial charge in [0.2, 0.25) is 5.91 Å². The first-order chi connectivity index (χ1) is 4.36. The fourth-order valence-electron chi connectivity index (χ4n) is 1.38. The Hall–Kier alpha value is -0.570. The van der Waals surface area contributed by atoms with Crippen LogP contribution >= 0.6 is 0 Å². The molecule has 0 aromatic carbocycles. The van der Waals surface area contributed by atoms with E-state index in [1.54, 1.807) is 0 Å². The van der Waals surface area contributed by atoms with Crippen LogP contribution in [0.5, 0.6) is 0 Å². The van der Waals surface area contributed by atoms with Gasteiger partial charge in [-0.2, -0.15) is 0 Å². The van der Waals surface area contributed by atoms with Crippen LogP contribution in [0.1, 0.15) is 12.8 Å². The maximum absolute atomic E-state index is 10.8. The van der Waals surface area contributed by atoms with Crippen LogP contribution in [0, 0.1) is 0 Å². The quantitative estimate of drug-likeness (QED) is 0.483. The van der Waals surface area contributed by atoms with Gasteiger partial charge in [0, 0.05) is 6.54 Å².